The molecule has 3 atom stereocenters. The van der Waals surface area contributed by atoms with Gasteiger partial charge in [-0.3, -0.25) is 9.59 Å². The molecule has 0 spiro atoms. The van der Waals surface area contributed by atoms with E-state index in [4.69, 9.17) is 0 Å². The average Bonchev–Trinajstić information content (AvgIpc) is 2.89. The first kappa shape index (κ1) is 11.1. The normalized spacial score (nSPS) is 36.8. The molecule has 0 aromatic carbocycles. The maximum atomic E-state index is 12.3. The lowest BCUT2D eigenvalue weighted by molar-refractivity contribution is -0.136. The molecule has 4 heteroatoms. The van der Waals surface area contributed by atoms with Crippen LogP contribution in [0.15, 0.2) is 0 Å². The van der Waals surface area contributed by atoms with Crippen LogP contribution in [0.2, 0.25) is 0 Å². The van der Waals surface area contributed by atoms with Crippen molar-refractivity contribution in [2.24, 2.45) is 17.8 Å². The molecule has 3 unspecified atom stereocenters. The molecule has 4 nitrogen and oxygen atoms in total. The zero-order valence-electron chi connectivity index (χ0n) is 10.2. The summed E-state index contributed by atoms with van der Waals surface area (Å²) in [6, 6.07) is 0. The second-order valence-electron chi connectivity index (χ2n) is 5.73. The number of nitrogens with one attached hydrogen (secondary N) is 1. The Morgan fingerprint density at radius 1 is 1.18 bits per heavy atom. The Morgan fingerprint density at radius 3 is 2.47 bits per heavy atom. The van der Waals surface area contributed by atoms with Gasteiger partial charge in [0.05, 0.1) is 5.92 Å². The number of likely N-dealkylation sites (tertiary alicyclic amines) is 1. The Hall–Kier alpha value is -1.06. The van der Waals surface area contributed by atoms with Gasteiger partial charge in [-0.2, -0.15) is 0 Å². The first-order valence-corrected chi connectivity index (χ1v) is 6.79. The van der Waals surface area contributed by atoms with Gasteiger partial charge in [0.1, 0.15) is 0 Å². The Bertz CT molecular complexity index is 320. The SMILES string of the molecule is O=C1CCC(C(=O)N2CC3CCCC3C2)CN1. The summed E-state index contributed by atoms with van der Waals surface area (Å²) >= 11 is 0. The van der Waals surface area contributed by atoms with Gasteiger partial charge in [-0.15, -0.1) is 0 Å². The molecule has 1 aliphatic carbocycles. The van der Waals surface area contributed by atoms with Gasteiger partial charge in [0.2, 0.25) is 11.8 Å². The molecule has 17 heavy (non-hydrogen) atoms. The number of amides is 2. The lowest BCUT2D eigenvalue weighted by Crippen LogP contribution is -2.44. The second kappa shape index (κ2) is 4.31. The van der Waals surface area contributed by atoms with Crippen LogP contribution in [-0.4, -0.2) is 36.3 Å². The van der Waals surface area contributed by atoms with Crippen molar-refractivity contribution in [2.75, 3.05) is 19.6 Å². The van der Waals surface area contributed by atoms with Gasteiger partial charge in [-0.25, -0.2) is 0 Å². The van der Waals surface area contributed by atoms with E-state index in [1.807, 2.05) is 0 Å². The Labute approximate surface area is 102 Å². The first-order valence-electron chi connectivity index (χ1n) is 6.79. The minimum absolute atomic E-state index is 0.0338. The maximum Gasteiger partial charge on any atom is 0.227 e. The highest BCUT2D eigenvalue weighted by Crippen LogP contribution is 2.38. The first-order chi connectivity index (χ1) is 8.24. The van der Waals surface area contributed by atoms with Crippen molar-refractivity contribution >= 4 is 11.8 Å². The second-order valence-corrected chi connectivity index (χ2v) is 5.73. The zero-order valence-corrected chi connectivity index (χ0v) is 10.2. The number of carbonyl (C=O) groups excluding carboxylic acids is 2. The molecule has 1 N–H and O–H groups in total. The van der Waals surface area contributed by atoms with Crippen LogP contribution in [0, 0.1) is 17.8 Å². The third kappa shape index (κ3) is 2.05. The summed E-state index contributed by atoms with van der Waals surface area (Å²) in [5, 5.41) is 2.80. The summed E-state index contributed by atoms with van der Waals surface area (Å²) < 4.78 is 0. The van der Waals surface area contributed by atoms with E-state index in [1.165, 1.54) is 19.3 Å². The predicted molar refractivity (Wildman–Crippen MR) is 63.1 cm³/mol. The van der Waals surface area contributed by atoms with E-state index in [1.54, 1.807) is 0 Å². The molecular weight excluding hydrogens is 216 g/mol. The van der Waals surface area contributed by atoms with Crippen molar-refractivity contribution in [2.45, 2.75) is 32.1 Å². The van der Waals surface area contributed by atoms with E-state index in [-0.39, 0.29) is 17.7 Å². The van der Waals surface area contributed by atoms with Crippen molar-refractivity contribution in [3.05, 3.63) is 0 Å². The van der Waals surface area contributed by atoms with Crippen molar-refractivity contribution in [3.8, 4) is 0 Å². The Balaban J connectivity index is 1.58. The summed E-state index contributed by atoms with van der Waals surface area (Å²) in [5.41, 5.74) is 0. The van der Waals surface area contributed by atoms with Gasteiger partial charge in [0.15, 0.2) is 0 Å². The topological polar surface area (TPSA) is 49.4 Å². The van der Waals surface area contributed by atoms with Gasteiger partial charge < -0.3 is 10.2 Å². The van der Waals surface area contributed by atoms with Crippen LogP contribution in [0.4, 0.5) is 0 Å². The molecule has 2 heterocycles. The van der Waals surface area contributed by atoms with E-state index < -0.39 is 0 Å². The summed E-state index contributed by atoms with van der Waals surface area (Å²) in [6.45, 7) is 2.48. The molecule has 3 fully saturated rings. The zero-order chi connectivity index (χ0) is 11.8. The fourth-order valence-electron chi connectivity index (χ4n) is 3.62. The summed E-state index contributed by atoms with van der Waals surface area (Å²) in [4.78, 5) is 25.4. The summed E-state index contributed by atoms with van der Waals surface area (Å²) in [7, 11) is 0. The molecule has 3 aliphatic rings. The van der Waals surface area contributed by atoms with Gasteiger partial charge in [0.25, 0.3) is 0 Å². The van der Waals surface area contributed by atoms with E-state index in [0.29, 0.717) is 13.0 Å². The number of piperidine rings is 1. The molecule has 0 aromatic heterocycles. The number of hydrogen-bond acceptors (Lipinski definition) is 2. The third-order valence-corrected chi connectivity index (χ3v) is 4.65. The van der Waals surface area contributed by atoms with Crippen molar-refractivity contribution < 1.29 is 9.59 Å². The predicted octanol–water partition coefficient (Wildman–Crippen LogP) is 0.771. The highest BCUT2D eigenvalue weighted by Gasteiger charge is 2.40. The van der Waals surface area contributed by atoms with Crippen LogP contribution < -0.4 is 5.32 Å². The smallest absolute Gasteiger partial charge is 0.227 e. The summed E-state index contributed by atoms with van der Waals surface area (Å²) in [6.07, 6.45) is 5.19. The average molecular weight is 236 g/mol. The number of fused-ring (bicyclic) bond motifs is 1. The Morgan fingerprint density at radius 2 is 1.88 bits per heavy atom. The van der Waals surface area contributed by atoms with E-state index >= 15 is 0 Å². The minimum Gasteiger partial charge on any atom is -0.355 e. The van der Waals surface area contributed by atoms with Crippen LogP contribution in [0.1, 0.15) is 32.1 Å². The minimum atomic E-state index is 0.0338. The lowest BCUT2D eigenvalue weighted by atomic mass is 9.98. The monoisotopic (exact) mass is 236 g/mol. The van der Waals surface area contributed by atoms with Gasteiger partial charge >= 0.3 is 0 Å². The highest BCUT2D eigenvalue weighted by molar-refractivity contribution is 5.84. The number of rotatable bonds is 1. The summed E-state index contributed by atoms with van der Waals surface area (Å²) in [5.74, 6) is 1.92. The van der Waals surface area contributed by atoms with Gasteiger partial charge in [0, 0.05) is 26.1 Å². The van der Waals surface area contributed by atoms with Gasteiger partial charge in [-0.05, 0) is 31.1 Å². The van der Waals surface area contributed by atoms with Crippen LogP contribution in [0.25, 0.3) is 0 Å². The van der Waals surface area contributed by atoms with Crippen molar-refractivity contribution in [3.63, 3.8) is 0 Å². The molecular formula is C13H20N2O2. The van der Waals surface area contributed by atoms with Gasteiger partial charge in [-0.1, -0.05) is 6.42 Å². The van der Waals surface area contributed by atoms with Crippen LogP contribution in [0.5, 0.6) is 0 Å². The molecule has 0 aromatic rings. The Kier molecular flexibility index (Phi) is 2.81. The molecule has 94 valence electrons. The number of nitrogens with zero attached hydrogens (tertiary/aromatic N) is 1. The largest absolute Gasteiger partial charge is 0.355 e. The number of carbonyl (C=O) groups is 2. The molecule has 0 radical (unpaired) electrons. The fourth-order valence-corrected chi connectivity index (χ4v) is 3.62. The van der Waals surface area contributed by atoms with Crippen molar-refractivity contribution in [1.29, 1.82) is 0 Å². The number of hydrogen-bond donors (Lipinski definition) is 1. The quantitative estimate of drug-likeness (QED) is 0.731. The molecule has 2 aliphatic heterocycles. The molecule has 2 amide bonds. The van der Waals surface area contributed by atoms with E-state index in [9.17, 15) is 9.59 Å². The van der Waals surface area contributed by atoms with E-state index in [2.05, 4.69) is 10.2 Å². The third-order valence-electron chi connectivity index (χ3n) is 4.65. The van der Waals surface area contributed by atoms with Crippen molar-refractivity contribution in [1.82, 2.24) is 10.2 Å². The molecule has 0 bridgehead atoms. The standard InChI is InChI=1S/C13H20N2O2/c16-12-5-4-9(6-14-12)13(17)15-7-10-2-1-3-11(10)8-15/h9-11H,1-8H2,(H,14,16). The fraction of sp³-hybridized carbons (Fsp3) is 0.846. The van der Waals surface area contributed by atoms with Crippen LogP contribution >= 0.6 is 0 Å². The highest BCUT2D eigenvalue weighted by atomic mass is 16.2. The molecule has 3 rings (SSSR count). The lowest BCUT2D eigenvalue weighted by Gasteiger charge is -2.27. The van der Waals surface area contributed by atoms with Crippen LogP contribution in [-0.2, 0) is 9.59 Å². The van der Waals surface area contributed by atoms with E-state index in [0.717, 1.165) is 31.3 Å². The maximum absolute atomic E-state index is 12.3. The molecule has 2 saturated heterocycles. The molecule has 1 saturated carbocycles. The van der Waals surface area contributed by atoms with Crippen LogP contribution in [0.3, 0.4) is 0 Å².